The van der Waals surface area contributed by atoms with E-state index in [2.05, 4.69) is 0 Å². The minimum absolute atomic E-state index is 0.308. The van der Waals surface area contributed by atoms with Crippen LogP contribution >= 0.6 is 11.6 Å². The quantitative estimate of drug-likeness (QED) is 0.751. The van der Waals surface area contributed by atoms with Crippen molar-refractivity contribution in [1.29, 1.82) is 0 Å². The highest BCUT2D eigenvalue weighted by molar-refractivity contribution is 6.31. The summed E-state index contributed by atoms with van der Waals surface area (Å²) in [5.41, 5.74) is 0.337. The van der Waals surface area contributed by atoms with E-state index in [-0.39, 0.29) is 0 Å². The molecule has 3 nitrogen and oxygen atoms in total. The van der Waals surface area contributed by atoms with Gasteiger partial charge in [0.15, 0.2) is 5.60 Å². The number of carbonyl (C=O) groups is 1. The molecule has 1 N–H and O–H groups in total. The third kappa shape index (κ3) is 2.59. The van der Waals surface area contributed by atoms with Gasteiger partial charge in [-0.05, 0) is 41.5 Å². The predicted molar refractivity (Wildman–Crippen MR) is 98.5 cm³/mol. The van der Waals surface area contributed by atoms with Crippen LogP contribution in [0.2, 0.25) is 5.02 Å². The number of hydrogen-bond acceptors (Lipinski definition) is 2. The molecule has 0 saturated heterocycles. The third-order valence-corrected chi connectivity index (χ3v) is 4.87. The van der Waals surface area contributed by atoms with Crippen LogP contribution in [0, 0.1) is 5.82 Å². The third-order valence-electron chi connectivity index (χ3n) is 4.64. The Morgan fingerprint density at radius 1 is 1.00 bits per heavy atom. The van der Waals surface area contributed by atoms with E-state index in [1.54, 1.807) is 18.2 Å². The Morgan fingerprint density at radius 2 is 1.69 bits per heavy atom. The Kier molecular flexibility index (Phi) is 4.02. The van der Waals surface area contributed by atoms with Crippen molar-refractivity contribution in [2.45, 2.75) is 12.1 Å². The van der Waals surface area contributed by atoms with Gasteiger partial charge in [-0.15, -0.1) is 0 Å². The first-order chi connectivity index (χ1) is 12.5. The van der Waals surface area contributed by atoms with Gasteiger partial charge < -0.3 is 10.0 Å². The standard InChI is InChI=1S/C21H15ClFNO2/c22-16-8-11-19-18(12-16)21(26,15-6-9-17(23)10-7-15)20(25)24(19)13-14-4-2-1-3-5-14/h1-12,26H,13H2/t21-/m1/s1. The molecule has 3 aromatic carbocycles. The second-order valence-corrected chi connectivity index (χ2v) is 6.69. The molecule has 0 spiro atoms. The van der Waals surface area contributed by atoms with Gasteiger partial charge >= 0.3 is 0 Å². The van der Waals surface area contributed by atoms with Gasteiger partial charge in [-0.3, -0.25) is 4.79 Å². The summed E-state index contributed by atoms with van der Waals surface area (Å²) in [7, 11) is 0. The van der Waals surface area contributed by atoms with Crippen molar-refractivity contribution in [3.05, 3.63) is 100 Å². The van der Waals surface area contributed by atoms with Crippen LogP contribution in [0.25, 0.3) is 0 Å². The molecule has 1 heterocycles. The van der Waals surface area contributed by atoms with E-state index >= 15 is 0 Å². The molecule has 0 bridgehead atoms. The Hall–Kier alpha value is -2.69. The molecular weight excluding hydrogens is 353 g/mol. The number of anilines is 1. The Labute approximate surface area is 155 Å². The van der Waals surface area contributed by atoms with Gasteiger partial charge in [0.1, 0.15) is 5.82 Å². The normalized spacial score (nSPS) is 18.9. The highest BCUT2D eigenvalue weighted by Crippen LogP contribution is 2.46. The van der Waals surface area contributed by atoms with Crippen LogP contribution in [0.1, 0.15) is 16.7 Å². The average molecular weight is 368 g/mol. The minimum atomic E-state index is -1.90. The van der Waals surface area contributed by atoms with E-state index in [4.69, 9.17) is 11.6 Å². The minimum Gasteiger partial charge on any atom is -0.372 e. The average Bonchev–Trinajstić information content (AvgIpc) is 2.86. The maximum absolute atomic E-state index is 13.3. The largest absolute Gasteiger partial charge is 0.372 e. The molecule has 1 aliphatic heterocycles. The fraction of sp³-hybridized carbons (Fsp3) is 0.0952. The highest BCUT2D eigenvalue weighted by Gasteiger charge is 2.51. The monoisotopic (exact) mass is 367 g/mol. The molecule has 130 valence electrons. The number of halogens is 2. The number of aliphatic hydroxyl groups is 1. The zero-order valence-electron chi connectivity index (χ0n) is 13.7. The van der Waals surface area contributed by atoms with Crippen molar-refractivity contribution >= 4 is 23.2 Å². The molecule has 5 heteroatoms. The number of fused-ring (bicyclic) bond motifs is 1. The number of nitrogens with zero attached hydrogens (tertiary/aromatic N) is 1. The summed E-state index contributed by atoms with van der Waals surface area (Å²) >= 11 is 6.12. The van der Waals surface area contributed by atoms with Gasteiger partial charge in [0.2, 0.25) is 0 Å². The smallest absolute Gasteiger partial charge is 0.268 e. The number of amides is 1. The summed E-state index contributed by atoms with van der Waals surface area (Å²) < 4.78 is 13.3. The van der Waals surface area contributed by atoms with E-state index in [0.29, 0.717) is 28.4 Å². The molecule has 0 unspecified atom stereocenters. The van der Waals surface area contributed by atoms with E-state index in [1.807, 2.05) is 30.3 Å². The van der Waals surface area contributed by atoms with Gasteiger partial charge in [-0.1, -0.05) is 54.1 Å². The molecule has 4 rings (SSSR count). The Morgan fingerprint density at radius 3 is 2.38 bits per heavy atom. The molecule has 0 fully saturated rings. The van der Waals surface area contributed by atoms with Crippen LogP contribution in [0.15, 0.2) is 72.8 Å². The first kappa shape index (κ1) is 16.8. The van der Waals surface area contributed by atoms with Crippen molar-refractivity contribution in [2.24, 2.45) is 0 Å². The summed E-state index contributed by atoms with van der Waals surface area (Å²) in [5, 5.41) is 11.8. The lowest BCUT2D eigenvalue weighted by molar-refractivity contribution is -0.132. The van der Waals surface area contributed by atoms with Crippen LogP contribution in [-0.4, -0.2) is 11.0 Å². The Balaban J connectivity index is 1.85. The van der Waals surface area contributed by atoms with Crippen LogP contribution in [0.3, 0.4) is 0 Å². The maximum Gasteiger partial charge on any atom is 0.268 e. The lowest BCUT2D eigenvalue weighted by Gasteiger charge is -2.24. The van der Waals surface area contributed by atoms with Gasteiger partial charge in [-0.25, -0.2) is 4.39 Å². The lowest BCUT2D eigenvalue weighted by atomic mass is 9.87. The second kappa shape index (κ2) is 6.24. The highest BCUT2D eigenvalue weighted by atomic mass is 35.5. The molecule has 0 saturated carbocycles. The zero-order chi connectivity index (χ0) is 18.3. The molecule has 1 atom stereocenters. The van der Waals surface area contributed by atoms with Crippen molar-refractivity contribution in [3.63, 3.8) is 0 Å². The van der Waals surface area contributed by atoms with Crippen LogP contribution in [0.4, 0.5) is 10.1 Å². The zero-order valence-corrected chi connectivity index (χ0v) is 14.4. The first-order valence-electron chi connectivity index (χ1n) is 8.14. The fourth-order valence-corrected chi connectivity index (χ4v) is 3.52. The van der Waals surface area contributed by atoms with E-state index in [0.717, 1.165) is 5.56 Å². The van der Waals surface area contributed by atoms with E-state index in [1.165, 1.54) is 29.2 Å². The van der Waals surface area contributed by atoms with Crippen LogP contribution in [-0.2, 0) is 16.9 Å². The number of rotatable bonds is 3. The summed E-state index contributed by atoms with van der Waals surface area (Å²) in [6.07, 6.45) is 0. The molecule has 0 aliphatic carbocycles. The number of hydrogen-bond donors (Lipinski definition) is 1. The SMILES string of the molecule is O=C1N(Cc2ccccc2)c2ccc(Cl)cc2[C@]1(O)c1ccc(F)cc1. The summed E-state index contributed by atoms with van der Waals surface area (Å²) in [6.45, 7) is 0.317. The molecule has 26 heavy (non-hydrogen) atoms. The van der Waals surface area contributed by atoms with Crippen molar-refractivity contribution in [1.82, 2.24) is 0 Å². The fourth-order valence-electron chi connectivity index (χ4n) is 3.35. The first-order valence-corrected chi connectivity index (χ1v) is 8.52. The topological polar surface area (TPSA) is 40.5 Å². The van der Waals surface area contributed by atoms with Crippen molar-refractivity contribution < 1.29 is 14.3 Å². The van der Waals surface area contributed by atoms with E-state index in [9.17, 15) is 14.3 Å². The van der Waals surface area contributed by atoms with E-state index < -0.39 is 17.3 Å². The van der Waals surface area contributed by atoms with Gasteiger partial charge in [0, 0.05) is 10.6 Å². The molecule has 1 aliphatic rings. The Bertz CT molecular complexity index is 975. The van der Waals surface area contributed by atoms with Gasteiger partial charge in [0.25, 0.3) is 5.91 Å². The maximum atomic E-state index is 13.3. The van der Waals surface area contributed by atoms with Crippen molar-refractivity contribution in [2.75, 3.05) is 4.90 Å². The van der Waals surface area contributed by atoms with Crippen LogP contribution < -0.4 is 4.90 Å². The molecule has 1 amide bonds. The molecule has 0 radical (unpaired) electrons. The molecule has 3 aromatic rings. The number of benzene rings is 3. The number of carbonyl (C=O) groups excluding carboxylic acids is 1. The molecule has 0 aromatic heterocycles. The van der Waals surface area contributed by atoms with Crippen LogP contribution in [0.5, 0.6) is 0 Å². The summed E-state index contributed by atoms with van der Waals surface area (Å²) in [4.78, 5) is 14.8. The second-order valence-electron chi connectivity index (χ2n) is 6.26. The van der Waals surface area contributed by atoms with Gasteiger partial charge in [0.05, 0.1) is 12.2 Å². The van der Waals surface area contributed by atoms with Gasteiger partial charge in [-0.2, -0.15) is 0 Å². The summed E-state index contributed by atoms with van der Waals surface area (Å²) in [5.74, 6) is -0.916. The summed E-state index contributed by atoms with van der Waals surface area (Å²) in [6, 6.07) is 19.8. The predicted octanol–water partition coefficient (Wildman–Crippen LogP) is 4.26. The lowest BCUT2D eigenvalue weighted by Crippen LogP contribution is -2.40. The molecular formula is C21H15ClFNO2. The van der Waals surface area contributed by atoms with Crippen molar-refractivity contribution in [3.8, 4) is 0 Å².